The van der Waals surface area contributed by atoms with E-state index in [1.165, 1.54) is 29.9 Å². The van der Waals surface area contributed by atoms with Crippen LogP contribution in [0.2, 0.25) is 0 Å². The molecule has 1 N–H and O–H groups in total. The summed E-state index contributed by atoms with van der Waals surface area (Å²) in [5, 5.41) is 3.57. The summed E-state index contributed by atoms with van der Waals surface area (Å²) < 4.78 is 2.12. The highest BCUT2D eigenvalue weighted by molar-refractivity contribution is 5.55. The maximum absolute atomic E-state index is 4.42. The number of fused-ring (bicyclic) bond motifs is 1. The van der Waals surface area contributed by atoms with Crippen LogP contribution >= 0.6 is 0 Å². The molecule has 2 heterocycles. The molecule has 0 aliphatic carbocycles. The molecule has 3 rings (SSSR count). The van der Waals surface area contributed by atoms with E-state index >= 15 is 0 Å². The predicted octanol–water partition coefficient (Wildman–Crippen LogP) is 3.34. The van der Waals surface area contributed by atoms with Crippen LogP contribution in [0.25, 0.3) is 0 Å². The van der Waals surface area contributed by atoms with Crippen molar-refractivity contribution in [2.24, 2.45) is 7.05 Å². The van der Waals surface area contributed by atoms with Crippen LogP contribution in [0.15, 0.2) is 36.7 Å². The van der Waals surface area contributed by atoms with E-state index in [0.29, 0.717) is 12.0 Å². The Bertz CT molecular complexity index is 559. The molecule has 100 valence electrons. The molecule has 2 aromatic rings. The van der Waals surface area contributed by atoms with Crippen LogP contribution < -0.4 is 5.32 Å². The third kappa shape index (κ3) is 2.50. The third-order valence-corrected chi connectivity index (χ3v) is 4.08. The minimum absolute atomic E-state index is 0.557. The second-order valence-electron chi connectivity index (χ2n) is 5.56. The van der Waals surface area contributed by atoms with E-state index in [4.69, 9.17) is 0 Å². The van der Waals surface area contributed by atoms with E-state index in [2.05, 4.69) is 53.1 Å². The molecule has 0 fully saturated rings. The second kappa shape index (κ2) is 5.08. The first kappa shape index (κ1) is 12.3. The molecule has 0 bridgehead atoms. The molecule has 1 aliphatic heterocycles. The second-order valence-corrected chi connectivity index (χ2v) is 5.56. The molecular formula is C16H21N3. The first-order valence-electron chi connectivity index (χ1n) is 7.05. The number of hydrogen-bond donors (Lipinski definition) is 1. The number of hydrogen-bond acceptors (Lipinski definition) is 2. The van der Waals surface area contributed by atoms with E-state index in [1.54, 1.807) is 0 Å². The highest BCUT2D eigenvalue weighted by atomic mass is 15.0. The topological polar surface area (TPSA) is 29.9 Å². The number of aromatic nitrogens is 2. The van der Waals surface area contributed by atoms with Crippen molar-refractivity contribution in [1.29, 1.82) is 0 Å². The average molecular weight is 255 g/mol. The van der Waals surface area contributed by atoms with Crippen LogP contribution in [0.5, 0.6) is 0 Å². The maximum Gasteiger partial charge on any atom is 0.108 e. The third-order valence-electron chi connectivity index (χ3n) is 4.08. The zero-order valence-corrected chi connectivity index (χ0v) is 11.6. The largest absolute Gasteiger partial charge is 0.382 e. The van der Waals surface area contributed by atoms with Gasteiger partial charge in [-0.3, -0.25) is 0 Å². The highest BCUT2D eigenvalue weighted by Gasteiger charge is 2.23. The molecule has 1 aromatic heterocycles. The quantitative estimate of drug-likeness (QED) is 0.911. The predicted molar refractivity (Wildman–Crippen MR) is 78.4 cm³/mol. The first-order valence-corrected chi connectivity index (χ1v) is 7.05. The van der Waals surface area contributed by atoms with Gasteiger partial charge in [0.25, 0.3) is 0 Å². The van der Waals surface area contributed by atoms with Crippen LogP contribution in [0.3, 0.4) is 0 Å². The monoisotopic (exact) mass is 255 g/mol. The molecule has 3 heteroatoms. The lowest BCUT2D eigenvalue weighted by Crippen LogP contribution is -2.25. The summed E-state index contributed by atoms with van der Waals surface area (Å²) in [6.45, 7) is 2.27. The summed E-state index contributed by atoms with van der Waals surface area (Å²) in [7, 11) is 2.07. The average Bonchev–Trinajstić information content (AvgIpc) is 2.81. The van der Waals surface area contributed by atoms with Gasteiger partial charge in [0, 0.05) is 37.6 Å². The lowest BCUT2D eigenvalue weighted by Gasteiger charge is -2.31. The number of imidazole rings is 1. The maximum atomic E-state index is 4.42. The van der Waals surface area contributed by atoms with Crippen molar-refractivity contribution in [2.45, 2.75) is 38.1 Å². The summed E-state index contributed by atoms with van der Waals surface area (Å²) in [5.74, 6) is 1.83. The van der Waals surface area contributed by atoms with Gasteiger partial charge in [0.05, 0.1) is 0 Å². The van der Waals surface area contributed by atoms with E-state index in [0.717, 1.165) is 6.42 Å². The van der Waals surface area contributed by atoms with Crippen molar-refractivity contribution >= 4 is 5.69 Å². The van der Waals surface area contributed by atoms with Gasteiger partial charge in [0.1, 0.15) is 5.82 Å². The van der Waals surface area contributed by atoms with Crippen molar-refractivity contribution in [3.05, 3.63) is 48.0 Å². The minimum atomic E-state index is 0.557. The fraction of sp³-hybridized carbons (Fsp3) is 0.438. The molecular weight excluding hydrogens is 234 g/mol. The van der Waals surface area contributed by atoms with Crippen LogP contribution in [0.4, 0.5) is 5.69 Å². The molecule has 1 aliphatic rings. The van der Waals surface area contributed by atoms with Crippen molar-refractivity contribution in [2.75, 3.05) is 5.32 Å². The first-order chi connectivity index (χ1) is 9.24. The van der Waals surface area contributed by atoms with Crippen molar-refractivity contribution in [3.8, 4) is 0 Å². The summed E-state index contributed by atoms with van der Waals surface area (Å²) in [6, 6.07) is 9.27. The lowest BCUT2D eigenvalue weighted by molar-refractivity contribution is 0.513. The van der Waals surface area contributed by atoms with Crippen molar-refractivity contribution < 1.29 is 0 Å². The van der Waals surface area contributed by atoms with Gasteiger partial charge >= 0.3 is 0 Å². The molecule has 0 radical (unpaired) electrons. The fourth-order valence-electron chi connectivity index (χ4n) is 3.08. The minimum Gasteiger partial charge on any atom is -0.382 e. The zero-order chi connectivity index (χ0) is 13.2. The Hall–Kier alpha value is -1.77. The molecule has 2 atom stereocenters. The number of nitrogens with zero attached hydrogens (tertiary/aromatic N) is 2. The van der Waals surface area contributed by atoms with Crippen LogP contribution in [-0.4, -0.2) is 15.6 Å². The van der Waals surface area contributed by atoms with Crippen LogP contribution in [0, 0.1) is 0 Å². The van der Waals surface area contributed by atoms with Gasteiger partial charge in [-0.15, -0.1) is 0 Å². The van der Waals surface area contributed by atoms with Gasteiger partial charge in [-0.05, 0) is 37.3 Å². The van der Waals surface area contributed by atoms with Crippen LogP contribution in [0.1, 0.15) is 37.1 Å². The van der Waals surface area contributed by atoms with Gasteiger partial charge in [-0.25, -0.2) is 4.98 Å². The Labute approximate surface area is 114 Å². The summed E-state index contributed by atoms with van der Waals surface area (Å²) in [6.07, 6.45) is 7.34. The molecule has 0 saturated carbocycles. The van der Waals surface area contributed by atoms with E-state index in [9.17, 15) is 0 Å². The number of nitrogens with one attached hydrogen (secondary N) is 1. The molecule has 3 nitrogen and oxygen atoms in total. The Kier molecular flexibility index (Phi) is 3.28. The van der Waals surface area contributed by atoms with Gasteiger partial charge in [-0.1, -0.05) is 18.2 Å². The number of para-hydroxylation sites is 1. The summed E-state index contributed by atoms with van der Waals surface area (Å²) >= 11 is 0. The number of aryl methyl sites for hydroxylation is 2. The van der Waals surface area contributed by atoms with E-state index in [-0.39, 0.29) is 0 Å². The Morgan fingerprint density at radius 1 is 1.37 bits per heavy atom. The number of rotatable bonds is 3. The Balaban J connectivity index is 1.76. The Morgan fingerprint density at radius 3 is 3.00 bits per heavy atom. The fourth-order valence-corrected chi connectivity index (χ4v) is 3.08. The summed E-state index contributed by atoms with van der Waals surface area (Å²) in [4.78, 5) is 4.42. The molecule has 19 heavy (non-hydrogen) atoms. The Morgan fingerprint density at radius 2 is 2.21 bits per heavy atom. The standard InChI is InChI=1S/C16H21N3/c1-12-11-13(7-8-16-17-9-10-19(16)2)14-5-3-4-6-15(14)18-12/h3-6,9-10,12-13,18H,7-8,11H2,1-2H3. The molecule has 0 amide bonds. The van der Waals surface area contributed by atoms with Gasteiger partial charge in [0.15, 0.2) is 0 Å². The lowest BCUT2D eigenvalue weighted by atomic mass is 9.84. The summed E-state index contributed by atoms with van der Waals surface area (Å²) in [5.41, 5.74) is 2.78. The van der Waals surface area contributed by atoms with Gasteiger partial charge in [-0.2, -0.15) is 0 Å². The molecule has 0 spiro atoms. The van der Waals surface area contributed by atoms with Gasteiger partial charge < -0.3 is 9.88 Å². The van der Waals surface area contributed by atoms with E-state index < -0.39 is 0 Å². The van der Waals surface area contributed by atoms with Crippen molar-refractivity contribution in [1.82, 2.24) is 9.55 Å². The van der Waals surface area contributed by atoms with Crippen LogP contribution in [-0.2, 0) is 13.5 Å². The normalized spacial score (nSPS) is 21.8. The molecule has 1 aromatic carbocycles. The van der Waals surface area contributed by atoms with Crippen molar-refractivity contribution in [3.63, 3.8) is 0 Å². The number of anilines is 1. The molecule has 0 saturated heterocycles. The SMILES string of the molecule is CC1CC(CCc2nccn2C)c2ccccc2N1. The number of benzene rings is 1. The molecule has 2 unspecified atom stereocenters. The van der Waals surface area contributed by atoms with Gasteiger partial charge in [0.2, 0.25) is 0 Å². The smallest absolute Gasteiger partial charge is 0.108 e. The highest BCUT2D eigenvalue weighted by Crippen LogP contribution is 2.36. The zero-order valence-electron chi connectivity index (χ0n) is 11.6. The van der Waals surface area contributed by atoms with E-state index in [1.807, 2.05) is 12.4 Å².